The highest BCUT2D eigenvalue weighted by Gasteiger charge is 2.51. The molecule has 2 saturated heterocycles. The third-order valence-corrected chi connectivity index (χ3v) is 24.4. The van der Waals surface area contributed by atoms with Crippen molar-refractivity contribution >= 4 is 76.8 Å². The lowest BCUT2D eigenvalue weighted by molar-refractivity contribution is -0.271. The Kier molecular flexibility index (Phi) is 58.5. The van der Waals surface area contributed by atoms with E-state index in [0.29, 0.717) is 175 Å². The van der Waals surface area contributed by atoms with Crippen molar-refractivity contribution in [1.29, 1.82) is 0 Å². The van der Waals surface area contributed by atoms with Crippen molar-refractivity contribution in [3.63, 3.8) is 0 Å². The number of nitrogens with zero attached hydrogens (tertiary/aromatic N) is 4. The van der Waals surface area contributed by atoms with E-state index < -0.39 is 188 Å². The first-order valence-corrected chi connectivity index (χ1v) is 48.4. The van der Waals surface area contributed by atoms with Crippen LogP contribution in [0.1, 0.15) is 137 Å². The van der Waals surface area contributed by atoms with Crippen molar-refractivity contribution in [2.75, 3.05) is 219 Å². The number of amides is 11. The van der Waals surface area contributed by atoms with Gasteiger partial charge in [0.2, 0.25) is 53.5 Å². The van der Waals surface area contributed by atoms with E-state index >= 15 is 4.79 Å². The van der Waals surface area contributed by atoms with Gasteiger partial charge in [-0.15, -0.1) is 0 Å². The SMILES string of the molecule is CC[C@H](C)[C@@H]([C@@H](CC(=O)N1CCC[C@H]1[C@H](OC)[C@@H](C)C(=O)N[C@H](C)[C@@H](O)c1ccccc1)OC)N(C)C(=O)[C@](C)(NC(=O)[C@H](C(C)C)N(C)C(=O)OCc1ccc(O[C@@H]2O[C@H](C(=O)O)[C@@H](O)[C@H](O)[C@H]2O)c(NC(=O)CCNC(=O)[C@H](CCCCNC(=O)CCOCCOCCOCCOCCOCCOCCOCCOCCOCCOCCOCCOC)NC(=O)[C@H](CN)N2C(=O)C=CC2=O)c1)C(C)C. The molecule has 3 aliphatic heterocycles. The summed E-state index contributed by atoms with van der Waals surface area (Å²) in [6.07, 6.45) is -10.6. The van der Waals surface area contributed by atoms with Gasteiger partial charge in [-0.3, -0.25) is 57.7 Å². The van der Waals surface area contributed by atoms with Crippen LogP contribution in [0.3, 0.4) is 0 Å². The van der Waals surface area contributed by atoms with Crippen molar-refractivity contribution in [1.82, 2.24) is 46.2 Å². The van der Waals surface area contributed by atoms with Gasteiger partial charge in [0, 0.05) is 86.6 Å². The Balaban J connectivity index is 1.11. The molecule has 45 heteroatoms. The highest BCUT2D eigenvalue weighted by molar-refractivity contribution is 6.15. The molecule has 0 aromatic heterocycles. The first-order valence-electron chi connectivity index (χ1n) is 48.4. The van der Waals surface area contributed by atoms with Gasteiger partial charge in [-0.05, 0) is 87.0 Å². The number of hydrogen-bond donors (Lipinski definition) is 12. The molecule has 2 aromatic rings. The Morgan fingerprint density at radius 3 is 1.62 bits per heavy atom. The number of likely N-dealkylation sites (tertiary alicyclic amines) is 1. The summed E-state index contributed by atoms with van der Waals surface area (Å²) in [7, 11) is 7.47. The molecule has 13 N–H and O–H groups in total. The normalized spacial score (nSPS) is 19.0. The lowest BCUT2D eigenvalue weighted by Gasteiger charge is -2.44. The van der Waals surface area contributed by atoms with E-state index in [4.69, 9.17) is 86.3 Å². The second kappa shape index (κ2) is 67.4. The second-order valence-electron chi connectivity index (χ2n) is 35.2. The number of aliphatic hydroxyl groups is 4. The summed E-state index contributed by atoms with van der Waals surface area (Å²) in [6, 6.07) is 6.70. The van der Waals surface area contributed by atoms with Crippen LogP contribution in [0.5, 0.6) is 5.75 Å². The number of rotatable bonds is 75. The van der Waals surface area contributed by atoms with E-state index in [1.165, 1.54) is 44.4 Å². The molecule has 3 heterocycles. The highest BCUT2D eigenvalue weighted by atomic mass is 16.7. The molecule has 141 heavy (non-hydrogen) atoms. The number of aliphatic hydroxyl groups excluding tert-OH is 4. The van der Waals surface area contributed by atoms with Crippen LogP contribution >= 0.6 is 0 Å². The number of carboxylic acids is 1. The summed E-state index contributed by atoms with van der Waals surface area (Å²) in [6.45, 7) is 24.0. The summed E-state index contributed by atoms with van der Waals surface area (Å²) in [5, 5.41) is 69.5. The van der Waals surface area contributed by atoms with Gasteiger partial charge < -0.3 is 153 Å². The third kappa shape index (κ3) is 41.8. The molecular weight excluding hydrogens is 1850 g/mol. The lowest BCUT2D eigenvalue weighted by atomic mass is 9.83. The van der Waals surface area contributed by atoms with Crippen LogP contribution in [0, 0.1) is 23.7 Å². The second-order valence-corrected chi connectivity index (χ2v) is 35.2. The number of aliphatic carboxylic acids is 1. The van der Waals surface area contributed by atoms with E-state index in [0.717, 1.165) is 17.1 Å². The number of hydrogen-bond acceptors (Lipinski definition) is 34. The maximum absolute atomic E-state index is 15.4. The monoisotopic (exact) mass is 2010 g/mol. The molecule has 0 saturated carbocycles. The molecule has 2 fully saturated rings. The molecule has 2 aromatic carbocycles. The maximum atomic E-state index is 15.4. The van der Waals surface area contributed by atoms with Gasteiger partial charge in [-0.1, -0.05) is 91.3 Å². The summed E-state index contributed by atoms with van der Waals surface area (Å²) in [4.78, 5) is 170. The number of imide groups is 1. The largest absolute Gasteiger partial charge is 0.479 e. The van der Waals surface area contributed by atoms with Crippen LogP contribution in [0.25, 0.3) is 0 Å². The fourth-order valence-corrected chi connectivity index (χ4v) is 15.9. The Labute approximate surface area is 826 Å². The minimum atomic E-state index is -2.11. The number of unbranched alkanes of at least 4 members (excludes halogenated alkanes) is 1. The molecule has 0 aliphatic carbocycles. The van der Waals surface area contributed by atoms with E-state index in [1.807, 2.05) is 19.9 Å². The van der Waals surface area contributed by atoms with E-state index in [-0.39, 0.29) is 92.7 Å². The molecule has 11 amide bonds. The Bertz CT molecular complexity index is 4070. The molecule has 0 spiro atoms. The average molecular weight is 2010 g/mol. The minimum Gasteiger partial charge on any atom is -0.479 e. The van der Waals surface area contributed by atoms with Crippen molar-refractivity contribution in [2.45, 2.75) is 218 Å². The number of nitrogens with two attached hydrogens (primary N) is 1. The lowest BCUT2D eigenvalue weighted by Crippen LogP contribution is -2.66. The van der Waals surface area contributed by atoms with Crippen LogP contribution in [-0.2, 0) is 135 Å². The van der Waals surface area contributed by atoms with Gasteiger partial charge in [0.1, 0.15) is 54.3 Å². The van der Waals surface area contributed by atoms with E-state index in [9.17, 15) is 78.3 Å². The maximum Gasteiger partial charge on any atom is 0.410 e. The zero-order valence-corrected chi connectivity index (χ0v) is 84.3. The molecule has 17 atom stereocenters. The van der Waals surface area contributed by atoms with Gasteiger partial charge in [-0.25, -0.2) is 9.59 Å². The number of likely N-dealkylation sites (N-methyl/N-ethyl adjacent to an activating group) is 2. The molecule has 45 nitrogen and oxygen atoms in total. The first kappa shape index (κ1) is 122. The quantitative estimate of drug-likeness (QED) is 0.0324. The fraction of sp³-hybridized carbons (Fsp3) is 0.729. The van der Waals surface area contributed by atoms with Gasteiger partial charge in [0.15, 0.2) is 6.10 Å². The van der Waals surface area contributed by atoms with Crippen LogP contribution in [0.2, 0.25) is 0 Å². The molecule has 5 rings (SSSR count). The number of ether oxygens (including phenoxy) is 17. The zero-order valence-electron chi connectivity index (χ0n) is 84.3. The predicted octanol–water partition coefficient (Wildman–Crippen LogP) is 0.928. The Hall–Kier alpha value is -9.18. The molecular formula is C96H157N11O34. The van der Waals surface area contributed by atoms with Gasteiger partial charge in [0.05, 0.1) is 206 Å². The van der Waals surface area contributed by atoms with Crippen molar-refractivity contribution in [2.24, 2.45) is 29.4 Å². The standard InChI is InChI=1S/C96H157N11O34/c1-15-64(6)81(74(126-13)59-79(112)106-34-21-25-71(106)86(127-14)65(7)88(117)100-66(8)82(113)68-22-17-16-18-23-68)104(10)94(123)96(9,63(4)5)103-91(120)80(62(2)3)105(11)95(124)139-61-67-26-27-73(140-93-85(116)83(114)84(115)87(141-93)92(121)122)70(58-67)101-76(109)30-33-99-89(118)69(102-90(119)72(60-97)107-77(110)28-29-78(107)111)24-19-20-32-98-75(108)31-35-128-38-39-130-42-43-132-46-47-134-50-51-136-54-55-138-57-56-137-53-52-135-49-48-133-45-44-131-41-40-129-37-36-125-12/h16-18,22-23,26-29,58,62-66,69,71-72,74,80-87,93,113-116H,15,19-21,24-25,30-57,59-61,97H2,1-14H3,(H,98,108)(H,99,118)(H,100,117)(H,101,109)(H,102,119)(H,103,120)(H,121,122)/t64-,65+,66+,69-,71-,72-,74+,80-,81-,82+,83-,84-,85+,86+,87-,93+,96+/m0/s1. The summed E-state index contributed by atoms with van der Waals surface area (Å²) < 4.78 is 94.6. The first-order chi connectivity index (χ1) is 67.5. The molecule has 0 bridgehead atoms. The van der Waals surface area contributed by atoms with Gasteiger partial charge >= 0.3 is 12.1 Å². The number of carbonyl (C=O) groups excluding carboxylic acids is 11. The van der Waals surface area contributed by atoms with Gasteiger partial charge in [0.25, 0.3) is 11.8 Å². The Morgan fingerprint density at radius 1 is 0.603 bits per heavy atom. The zero-order chi connectivity index (χ0) is 104. The number of carbonyl (C=O) groups is 12. The minimum absolute atomic E-state index is 0.0162. The topological polar surface area (TPSA) is 574 Å². The molecule has 0 unspecified atom stereocenters. The third-order valence-electron chi connectivity index (χ3n) is 24.4. The molecule has 0 radical (unpaired) electrons. The van der Waals surface area contributed by atoms with E-state index in [2.05, 4.69) is 31.9 Å². The van der Waals surface area contributed by atoms with E-state index in [1.54, 1.807) is 91.8 Å². The van der Waals surface area contributed by atoms with Crippen LogP contribution < -0.4 is 42.4 Å². The average Bonchev–Trinajstić information content (AvgIpc) is 1.37. The van der Waals surface area contributed by atoms with Crippen molar-refractivity contribution in [3.8, 4) is 5.75 Å². The Morgan fingerprint density at radius 2 is 1.13 bits per heavy atom. The number of benzene rings is 2. The number of anilines is 1. The number of methoxy groups -OCH3 is 3. The fourth-order valence-electron chi connectivity index (χ4n) is 15.9. The molecule has 3 aliphatic rings. The van der Waals surface area contributed by atoms with Crippen LogP contribution in [-0.4, -0.2) is 415 Å². The highest BCUT2D eigenvalue weighted by Crippen LogP contribution is 2.35. The van der Waals surface area contributed by atoms with Crippen molar-refractivity contribution < 1.29 is 164 Å². The van der Waals surface area contributed by atoms with Crippen LogP contribution in [0.4, 0.5) is 10.5 Å². The number of nitrogens with one attached hydrogen (secondary N) is 6. The smallest absolute Gasteiger partial charge is 0.410 e. The summed E-state index contributed by atoms with van der Waals surface area (Å²) in [5.41, 5.74) is 4.80. The van der Waals surface area contributed by atoms with Gasteiger partial charge in [-0.2, -0.15) is 0 Å². The summed E-state index contributed by atoms with van der Waals surface area (Å²) in [5.74, 6) is -10.8. The summed E-state index contributed by atoms with van der Waals surface area (Å²) >= 11 is 0. The molecule has 800 valence electrons. The van der Waals surface area contributed by atoms with Crippen LogP contribution in [0.15, 0.2) is 60.7 Å². The predicted molar refractivity (Wildman–Crippen MR) is 509 cm³/mol. The number of carboxylic acid groups (broad SMARTS) is 1. The van der Waals surface area contributed by atoms with Crippen molar-refractivity contribution in [3.05, 3.63) is 71.8 Å².